The first kappa shape index (κ1) is 17.7. The molecule has 0 aliphatic heterocycles. The smallest absolute Gasteiger partial charge is 0.257 e. The number of hydrogen-bond acceptors (Lipinski definition) is 3. The van der Waals surface area contributed by atoms with Gasteiger partial charge in [-0.15, -0.1) is 0 Å². The van der Waals surface area contributed by atoms with Gasteiger partial charge in [0, 0.05) is 36.9 Å². The molecule has 2 heterocycles. The zero-order chi connectivity index (χ0) is 19.0. The van der Waals surface area contributed by atoms with E-state index in [9.17, 15) is 4.79 Å². The van der Waals surface area contributed by atoms with Gasteiger partial charge in [0.05, 0.1) is 16.8 Å². The SMILES string of the molecule is Cc1cc(CN(C(=O)c2cn(C)nc2C)C2CCCC2)c2ccccc2n1. The third-order valence-corrected chi connectivity index (χ3v) is 5.54. The van der Waals surface area contributed by atoms with Crippen molar-refractivity contribution in [1.82, 2.24) is 19.7 Å². The molecule has 1 aliphatic rings. The zero-order valence-electron chi connectivity index (χ0n) is 16.3. The average molecular weight is 362 g/mol. The fourth-order valence-electron chi connectivity index (χ4n) is 4.26. The standard InChI is InChI=1S/C22H26N4O/c1-15-12-17(19-10-6-7-11-21(19)23-15)13-26(18-8-4-5-9-18)22(27)20-14-25(3)24-16(20)2/h6-7,10-12,14,18H,4-5,8-9,13H2,1-3H3. The summed E-state index contributed by atoms with van der Waals surface area (Å²) in [7, 11) is 1.86. The molecule has 0 bridgehead atoms. The van der Waals surface area contributed by atoms with Crippen LogP contribution >= 0.6 is 0 Å². The summed E-state index contributed by atoms with van der Waals surface area (Å²) < 4.78 is 1.72. The number of amides is 1. The van der Waals surface area contributed by atoms with Crippen LogP contribution < -0.4 is 0 Å². The minimum atomic E-state index is 0.0889. The molecule has 0 spiro atoms. The van der Waals surface area contributed by atoms with Gasteiger partial charge in [-0.2, -0.15) is 5.10 Å². The van der Waals surface area contributed by atoms with Gasteiger partial charge in [-0.3, -0.25) is 14.5 Å². The lowest BCUT2D eigenvalue weighted by molar-refractivity contribution is 0.0664. The van der Waals surface area contributed by atoms with Crippen LogP contribution in [0.3, 0.4) is 0 Å². The van der Waals surface area contributed by atoms with Gasteiger partial charge in [0.15, 0.2) is 0 Å². The highest BCUT2D eigenvalue weighted by Gasteiger charge is 2.29. The van der Waals surface area contributed by atoms with Crippen LogP contribution in [-0.2, 0) is 13.6 Å². The molecule has 1 saturated carbocycles. The van der Waals surface area contributed by atoms with Gasteiger partial charge in [-0.1, -0.05) is 31.0 Å². The second-order valence-electron chi connectivity index (χ2n) is 7.61. The number of fused-ring (bicyclic) bond motifs is 1. The first-order valence-electron chi connectivity index (χ1n) is 9.69. The van der Waals surface area contributed by atoms with Crippen molar-refractivity contribution < 1.29 is 4.79 Å². The largest absolute Gasteiger partial charge is 0.331 e. The van der Waals surface area contributed by atoms with E-state index >= 15 is 0 Å². The Morgan fingerprint density at radius 3 is 2.67 bits per heavy atom. The molecule has 4 rings (SSSR count). The lowest BCUT2D eigenvalue weighted by Crippen LogP contribution is -2.38. The third-order valence-electron chi connectivity index (χ3n) is 5.54. The molecule has 1 fully saturated rings. The number of carbonyl (C=O) groups is 1. The maximum Gasteiger partial charge on any atom is 0.257 e. The first-order chi connectivity index (χ1) is 13.0. The Balaban J connectivity index is 1.74. The summed E-state index contributed by atoms with van der Waals surface area (Å²) in [5.41, 5.74) is 4.64. The van der Waals surface area contributed by atoms with E-state index in [0.717, 1.165) is 35.1 Å². The monoisotopic (exact) mass is 362 g/mol. The Morgan fingerprint density at radius 1 is 1.22 bits per heavy atom. The Labute approximate surface area is 160 Å². The van der Waals surface area contributed by atoms with Crippen LogP contribution in [-0.4, -0.2) is 31.6 Å². The molecule has 5 nitrogen and oxygen atoms in total. The molecule has 0 unspecified atom stereocenters. The van der Waals surface area contributed by atoms with Gasteiger partial charge in [-0.05, 0) is 44.4 Å². The van der Waals surface area contributed by atoms with Gasteiger partial charge < -0.3 is 4.90 Å². The molecule has 0 saturated heterocycles. The van der Waals surface area contributed by atoms with Gasteiger partial charge in [0.25, 0.3) is 5.91 Å². The van der Waals surface area contributed by atoms with Crippen LogP contribution in [0.4, 0.5) is 0 Å². The van der Waals surface area contributed by atoms with Crippen molar-refractivity contribution in [2.45, 2.75) is 52.1 Å². The fraction of sp³-hybridized carbons (Fsp3) is 0.409. The van der Waals surface area contributed by atoms with Crippen molar-refractivity contribution >= 4 is 16.8 Å². The van der Waals surface area contributed by atoms with Crippen molar-refractivity contribution in [2.75, 3.05) is 0 Å². The van der Waals surface area contributed by atoms with E-state index in [-0.39, 0.29) is 5.91 Å². The molecule has 0 radical (unpaired) electrons. The molecule has 140 valence electrons. The molecule has 2 aromatic heterocycles. The van der Waals surface area contributed by atoms with Crippen LogP contribution in [0.25, 0.3) is 10.9 Å². The minimum Gasteiger partial charge on any atom is -0.331 e. The summed E-state index contributed by atoms with van der Waals surface area (Å²) in [6.45, 7) is 4.54. The summed E-state index contributed by atoms with van der Waals surface area (Å²) in [5, 5.41) is 5.50. The van der Waals surface area contributed by atoms with Gasteiger partial charge in [0.1, 0.15) is 0 Å². The van der Waals surface area contributed by atoms with E-state index in [4.69, 9.17) is 0 Å². The van der Waals surface area contributed by atoms with Crippen LogP contribution in [0, 0.1) is 13.8 Å². The molecule has 0 N–H and O–H groups in total. The number of pyridine rings is 1. The van der Waals surface area contributed by atoms with Crippen LogP contribution in [0.1, 0.15) is 53.0 Å². The predicted octanol–water partition coefficient (Wildman–Crippen LogP) is 4.17. The number of nitrogens with zero attached hydrogens (tertiary/aromatic N) is 4. The van der Waals surface area contributed by atoms with Gasteiger partial charge in [0.2, 0.25) is 0 Å². The van der Waals surface area contributed by atoms with Gasteiger partial charge in [-0.25, -0.2) is 0 Å². The first-order valence-corrected chi connectivity index (χ1v) is 9.69. The number of para-hydroxylation sites is 1. The Kier molecular flexibility index (Phi) is 4.68. The van der Waals surface area contributed by atoms with Gasteiger partial charge >= 0.3 is 0 Å². The van der Waals surface area contributed by atoms with Crippen LogP contribution in [0.15, 0.2) is 36.5 Å². The highest BCUT2D eigenvalue weighted by molar-refractivity contribution is 5.95. The quantitative estimate of drug-likeness (QED) is 0.700. The topological polar surface area (TPSA) is 51.0 Å². The molecule has 3 aromatic rings. The van der Waals surface area contributed by atoms with Crippen molar-refractivity contribution in [2.24, 2.45) is 7.05 Å². The maximum absolute atomic E-state index is 13.4. The number of hydrogen-bond donors (Lipinski definition) is 0. The van der Waals surface area contributed by atoms with Crippen LogP contribution in [0.5, 0.6) is 0 Å². The number of benzene rings is 1. The zero-order valence-corrected chi connectivity index (χ0v) is 16.3. The Hall–Kier alpha value is -2.69. The predicted molar refractivity (Wildman–Crippen MR) is 107 cm³/mol. The second-order valence-corrected chi connectivity index (χ2v) is 7.61. The van der Waals surface area contributed by atoms with E-state index in [1.165, 1.54) is 18.4 Å². The fourth-order valence-corrected chi connectivity index (χ4v) is 4.26. The van der Waals surface area contributed by atoms with Crippen molar-refractivity contribution in [3.05, 3.63) is 59.0 Å². The van der Waals surface area contributed by atoms with E-state index in [0.29, 0.717) is 18.2 Å². The summed E-state index contributed by atoms with van der Waals surface area (Å²) in [6.07, 6.45) is 6.38. The normalized spacial score (nSPS) is 14.8. The number of aryl methyl sites for hydroxylation is 3. The van der Waals surface area contributed by atoms with E-state index in [2.05, 4.69) is 27.1 Å². The molecule has 27 heavy (non-hydrogen) atoms. The number of rotatable bonds is 4. The number of aromatic nitrogens is 3. The second kappa shape index (κ2) is 7.14. The van der Waals surface area contributed by atoms with E-state index in [1.54, 1.807) is 4.68 Å². The maximum atomic E-state index is 13.4. The van der Waals surface area contributed by atoms with Crippen molar-refractivity contribution in [3.63, 3.8) is 0 Å². The molecule has 1 amide bonds. The molecular formula is C22H26N4O. The van der Waals surface area contributed by atoms with Crippen molar-refractivity contribution in [3.8, 4) is 0 Å². The molecule has 0 atom stereocenters. The highest BCUT2D eigenvalue weighted by Crippen LogP contribution is 2.29. The third kappa shape index (κ3) is 3.46. The van der Waals surface area contributed by atoms with E-state index < -0.39 is 0 Å². The van der Waals surface area contributed by atoms with Crippen molar-refractivity contribution in [1.29, 1.82) is 0 Å². The van der Waals surface area contributed by atoms with E-state index in [1.807, 2.05) is 45.3 Å². The lowest BCUT2D eigenvalue weighted by atomic mass is 10.0. The Morgan fingerprint density at radius 2 is 1.96 bits per heavy atom. The molecular weight excluding hydrogens is 336 g/mol. The summed E-state index contributed by atoms with van der Waals surface area (Å²) in [6, 6.07) is 10.6. The molecule has 1 aromatic carbocycles. The lowest BCUT2D eigenvalue weighted by Gasteiger charge is -2.29. The minimum absolute atomic E-state index is 0.0889. The molecule has 5 heteroatoms. The summed E-state index contributed by atoms with van der Waals surface area (Å²) >= 11 is 0. The Bertz CT molecular complexity index is 985. The summed E-state index contributed by atoms with van der Waals surface area (Å²) in [4.78, 5) is 20.2. The average Bonchev–Trinajstić information content (AvgIpc) is 3.28. The number of carbonyl (C=O) groups excluding carboxylic acids is 1. The highest BCUT2D eigenvalue weighted by atomic mass is 16.2. The molecule has 1 aliphatic carbocycles. The van der Waals surface area contributed by atoms with Crippen LogP contribution in [0.2, 0.25) is 0 Å². The summed E-state index contributed by atoms with van der Waals surface area (Å²) in [5.74, 6) is 0.0889.